The third-order valence-corrected chi connectivity index (χ3v) is 6.31. The Hall–Kier alpha value is -0.660. The molecule has 1 saturated heterocycles. The van der Waals surface area contributed by atoms with Crippen LogP contribution in [0.2, 0.25) is 0 Å². The minimum atomic E-state index is -3.20. The molecule has 2 aliphatic rings. The molecule has 2 rings (SSSR count). The van der Waals surface area contributed by atoms with Crippen LogP contribution in [0.25, 0.3) is 0 Å². The topological polar surface area (TPSA) is 69.7 Å². The van der Waals surface area contributed by atoms with E-state index in [1.54, 1.807) is 0 Å². The van der Waals surface area contributed by atoms with E-state index in [0.29, 0.717) is 25.4 Å². The molecule has 2 fully saturated rings. The van der Waals surface area contributed by atoms with Crippen molar-refractivity contribution in [2.24, 2.45) is 11.8 Å². The fourth-order valence-electron chi connectivity index (χ4n) is 3.83. The molecule has 1 saturated carbocycles. The number of sulfonamides is 1. The third-order valence-electron chi connectivity index (χ3n) is 5.08. The second-order valence-corrected chi connectivity index (χ2v) is 9.45. The van der Waals surface area contributed by atoms with E-state index in [1.165, 1.54) is 36.2 Å². The molecule has 23 heavy (non-hydrogen) atoms. The van der Waals surface area contributed by atoms with Crippen LogP contribution >= 0.6 is 0 Å². The molecular weight excluding hydrogens is 314 g/mol. The Kier molecular flexibility index (Phi) is 6.45. The minimum Gasteiger partial charge on any atom is -0.352 e. The number of nitrogens with one attached hydrogen (secondary N) is 1. The van der Waals surface area contributed by atoms with Gasteiger partial charge in [-0.05, 0) is 26.4 Å². The number of nitrogens with zero attached hydrogens (tertiary/aromatic N) is 2. The number of hydrogen-bond acceptors (Lipinski definition) is 4. The molecule has 1 amide bonds. The van der Waals surface area contributed by atoms with Gasteiger partial charge in [0.2, 0.25) is 15.9 Å². The van der Waals surface area contributed by atoms with Crippen LogP contribution in [0, 0.1) is 11.8 Å². The maximum atomic E-state index is 12.3. The van der Waals surface area contributed by atoms with Gasteiger partial charge in [0.15, 0.2) is 0 Å². The Labute approximate surface area is 140 Å². The highest BCUT2D eigenvalue weighted by molar-refractivity contribution is 7.88. The van der Waals surface area contributed by atoms with Gasteiger partial charge in [-0.15, -0.1) is 0 Å². The van der Waals surface area contributed by atoms with Crippen molar-refractivity contribution in [2.75, 3.05) is 40.0 Å². The van der Waals surface area contributed by atoms with Gasteiger partial charge in [0.25, 0.3) is 0 Å². The quantitative estimate of drug-likeness (QED) is 0.744. The van der Waals surface area contributed by atoms with Crippen molar-refractivity contribution in [2.45, 2.75) is 44.6 Å². The summed E-state index contributed by atoms with van der Waals surface area (Å²) in [6.45, 7) is 1.66. The van der Waals surface area contributed by atoms with E-state index in [0.717, 1.165) is 13.0 Å². The first-order valence-corrected chi connectivity index (χ1v) is 10.5. The summed E-state index contributed by atoms with van der Waals surface area (Å²) in [4.78, 5) is 14.3. The zero-order valence-corrected chi connectivity index (χ0v) is 15.4. The lowest BCUT2D eigenvalue weighted by atomic mass is 10.0. The molecular formula is C16H31N3O3S. The smallest absolute Gasteiger partial charge is 0.220 e. The normalized spacial score (nSPS) is 27.0. The molecule has 0 aromatic rings. The van der Waals surface area contributed by atoms with Crippen LogP contribution in [0.3, 0.4) is 0 Å². The molecule has 0 radical (unpaired) electrons. The van der Waals surface area contributed by atoms with Crippen molar-refractivity contribution in [3.63, 3.8) is 0 Å². The van der Waals surface area contributed by atoms with E-state index in [-0.39, 0.29) is 17.9 Å². The number of hydrogen-bond donors (Lipinski definition) is 1. The Morgan fingerprint density at radius 2 is 1.87 bits per heavy atom. The van der Waals surface area contributed by atoms with Crippen LogP contribution in [0.15, 0.2) is 0 Å². The van der Waals surface area contributed by atoms with E-state index in [4.69, 9.17) is 0 Å². The number of carbonyl (C=O) groups excluding carboxylic acids is 1. The zero-order chi connectivity index (χ0) is 17.0. The predicted octanol–water partition coefficient (Wildman–Crippen LogP) is 0.895. The summed E-state index contributed by atoms with van der Waals surface area (Å²) in [5.74, 6) is 0.922. The van der Waals surface area contributed by atoms with Crippen LogP contribution in [-0.4, -0.2) is 69.6 Å². The van der Waals surface area contributed by atoms with Crippen LogP contribution in [0.5, 0.6) is 0 Å². The molecule has 7 heteroatoms. The SMILES string of the molecule is CN(C)C[C@@H]1CN(S(C)(=O)=O)C[C@H]1NC(=O)CCC1CCCC1. The molecule has 1 N–H and O–H groups in total. The summed E-state index contributed by atoms with van der Waals surface area (Å²) in [6, 6.07) is -0.0804. The molecule has 134 valence electrons. The highest BCUT2D eigenvalue weighted by atomic mass is 32.2. The predicted molar refractivity (Wildman–Crippen MR) is 91.6 cm³/mol. The average Bonchev–Trinajstić information content (AvgIpc) is 3.05. The van der Waals surface area contributed by atoms with Crippen molar-refractivity contribution in [1.82, 2.24) is 14.5 Å². The first-order chi connectivity index (χ1) is 10.8. The number of rotatable bonds is 7. The zero-order valence-electron chi connectivity index (χ0n) is 14.6. The molecule has 0 bridgehead atoms. The lowest BCUT2D eigenvalue weighted by Crippen LogP contribution is -2.43. The molecule has 0 unspecified atom stereocenters. The second kappa shape index (κ2) is 7.94. The third kappa shape index (κ3) is 5.72. The largest absolute Gasteiger partial charge is 0.352 e. The van der Waals surface area contributed by atoms with Gasteiger partial charge in [-0.2, -0.15) is 4.31 Å². The first kappa shape index (κ1) is 18.7. The van der Waals surface area contributed by atoms with Gasteiger partial charge in [-0.1, -0.05) is 25.7 Å². The molecule has 6 nitrogen and oxygen atoms in total. The second-order valence-electron chi connectivity index (χ2n) is 7.47. The summed E-state index contributed by atoms with van der Waals surface area (Å²) in [6.07, 6.45) is 7.86. The maximum Gasteiger partial charge on any atom is 0.220 e. The van der Waals surface area contributed by atoms with Crippen LogP contribution < -0.4 is 5.32 Å². The summed E-state index contributed by atoms with van der Waals surface area (Å²) in [5.41, 5.74) is 0. The number of amides is 1. The van der Waals surface area contributed by atoms with Crippen molar-refractivity contribution in [3.8, 4) is 0 Å². The van der Waals surface area contributed by atoms with Gasteiger partial charge >= 0.3 is 0 Å². The van der Waals surface area contributed by atoms with Gasteiger partial charge in [-0.25, -0.2) is 8.42 Å². The van der Waals surface area contributed by atoms with E-state index in [1.807, 2.05) is 19.0 Å². The lowest BCUT2D eigenvalue weighted by Gasteiger charge is -2.23. The van der Waals surface area contributed by atoms with Gasteiger partial charge in [0.05, 0.1) is 6.26 Å². The maximum absolute atomic E-state index is 12.3. The minimum absolute atomic E-state index is 0.0704. The molecule has 1 heterocycles. The Morgan fingerprint density at radius 3 is 2.43 bits per heavy atom. The Bertz CT molecular complexity index is 501. The Morgan fingerprint density at radius 1 is 1.22 bits per heavy atom. The van der Waals surface area contributed by atoms with Crippen LogP contribution in [-0.2, 0) is 14.8 Å². The average molecular weight is 346 g/mol. The molecule has 1 aliphatic heterocycles. The number of carbonyl (C=O) groups is 1. The lowest BCUT2D eigenvalue weighted by molar-refractivity contribution is -0.122. The van der Waals surface area contributed by atoms with E-state index in [9.17, 15) is 13.2 Å². The van der Waals surface area contributed by atoms with Crippen LogP contribution in [0.4, 0.5) is 0 Å². The van der Waals surface area contributed by atoms with Crippen molar-refractivity contribution < 1.29 is 13.2 Å². The van der Waals surface area contributed by atoms with Gasteiger partial charge in [0.1, 0.15) is 0 Å². The van der Waals surface area contributed by atoms with Crippen molar-refractivity contribution in [1.29, 1.82) is 0 Å². The standard InChI is InChI=1S/C16H31N3O3S/c1-18(2)10-14-11-19(23(3,21)22)12-15(14)17-16(20)9-8-13-6-4-5-7-13/h13-15H,4-12H2,1-3H3,(H,17,20)/t14-,15-/m1/s1. The van der Waals surface area contributed by atoms with Gasteiger partial charge in [0, 0.05) is 38.0 Å². The molecule has 0 spiro atoms. The molecule has 0 aromatic heterocycles. The fraction of sp³-hybridized carbons (Fsp3) is 0.938. The van der Waals surface area contributed by atoms with Crippen LogP contribution in [0.1, 0.15) is 38.5 Å². The highest BCUT2D eigenvalue weighted by Gasteiger charge is 2.37. The molecule has 0 aromatic carbocycles. The summed E-state index contributed by atoms with van der Waals surface area (Å²) < 4.78 is 25.1. The summed E-state index contributed by atoms with van der Waals surface area (Å²) >= 11 is 0. The van der Waals surface area contributed by atoms with Crippen molar-refractivity contribution in [3.05, 3.63) is 0 Å². The van der Waals surface area contributed by atoms with E-state index < -0.39 is 10.0 Å². The molecule has 1 aliphatic carbocycles. The van der Waals surface area contributed by atoms with E-state index in [2.05, 4.69) is 5.32 Å². The summed E-state index contributed by atoms with van der Waals surface area (Å²) in [7, 11) is 0.747. The highest BCUT2D eigenvalue weighted by Crippen LogP contribution is 2.28. The van der Waals surface area contributed by atoms with Crippen molar-refractivity contribution >= 4 is 15.9 Å². The molecule has 2 atom stereocenters. The fourth-order valence-corrected chi connectivity index (χ4v) is 4.73. The first-order valence-electron chi connectivity index (χ1n) is 8.65. The van der Waals surface area contributed by atoms with Gasteiger partial charge in [-0.3, -0.25) is 4.79 Å². The monoisotopic (exact) mass is 345 g/mol. The Balaban J connectivity index is 1.87. The van der Waals surface area contributed by atoms with Gasteiger partial charge < -0.3 is 10.2 Å². The summed E-state index contributed by atoms with van der Waals surface area (Å²) in [5, 5.41) is 3.09. The van der Waals surface area contributed by atoms with E-state index >= 15 is 0 Å².